The third-order valence-corrected chi connectivity index (χ3v) is 3.55. The van der Waals surface area contributed by atoms with E-state index in [0.29, 0.717) is 12.8 Å². The Kier molecular flexibility index (Phi) is 10.4. The fourth-order valence-corrected chi connectivity index (χ4v) is 2.20. The number of amides is 2. The molecule has 0 saturated carbocycles. The lowest BCUT2D eigenvalue weighted by molar-refractivity contribution is -0.142. The smallest absolute Gasteiger partial charge is 0.326 e. The predicted octanol–water partition coefficient (Wildman–Crippen LogP) is 0.0789. The molecule has 6 N–H and O–H groups in total. The van der Waals surface area contributed by atoms with E-state index in [1.54, 1.807) is 6.92 Å². The van der Waals surface area contributed by atoms with Crippen LogP contribution in [0.25, 0.3) is 0 Å². The number of carbonyl (C=O) groups is 4. The molecule has 0 aromatic rings. The summed E-state index contributed by atoms with van der Waals surface area (Å²) in [4.78, 5) is 46.1. The number of hydrogen-bond acceptors (Lipinski definition) is 5. The van der Waals surface area contributed by atoms with Gasteiger partial charge in [0.05, 0.1) is 0 Å². The van der Waals surface area contributed by atoms with Crippen molar-refractivity contribution in [1.29, 1.82) is 0 Å². The molecule has 144 valence electrons. The Bertz CT molecular complexity index is 480. The molecule has 25 heavy (non-hydrogen) atoms. The maximum absolute atomic E-state index is 12.3. The Morgan fingerprint density at radius 3 is 2.00 bits per heavy atom. The number of carbonyl (C=O) groups excluding carboxylic acids is 2. The number of aliphatic carboxylic acids is 2. The Morgan fingerprint density at radius 1 is 0.960 bits per heavy atom. The minimum Gasteiger partial charge on any atom is -0.480 e. The average molecular weight is 359 g/mol. The molecule has 0 bridgehead atoms. The van der Waals surface area contributed by atoms with Gasteiger partial charge in [-0.25, -0.2) is 4.79 Å². The highest BCUT2D eigenvalue weighted by atomic mass is 16.4. The molecule has 0 aromatic carbocycles. The van der Waals surface area contributed by atoms with Crippen LogP contribution in [-0.2, 0) is 19.2 Å². The van der Waals surface area contributed by atoms with Gasteiger partial charge in [0, 0.05) is 6.42 Å². The van der Waals surface area contributed by atoms with E-state index in [-0.39, 0.29) is 25.2 Å². The van der Waals surface area contributed by atoms with Crippen molar-refractivity contribution in [3.63, 3.8) is 0 Å². The molecule has 3 atom stereocenters. The molecule has 0 aromatic heterocycles. The van der Waals surface area contributed by atoms with E-state index in [9.17, 15) is 19.2 Å². The highest BCUT2D eigenvalue weighted by molar-refractivity contribution is 5.90. The van der Waals surface area contributed by atoms with Gasteiger partial charge < -0.3 is 26.6 Å². The van der Waals surface area contributed by atoms with Crippen LogP contribution in [0.4, 0.5) is 0 Å². The Labute approximate surface area is 147 Å². The van der Waals surface area contributed by atoms with Crippen LogP contribution in [0.3, 0.4) is 0 Å². The van der Waals surface area contributed by atoms with Gasteiger partial charge in [-0.05, 0) is 25.2 Å². The number of nitrogens with one attached hydrogen (secondary N) is 2. The van der Waals surface area contributed by atoms with Gasteiger partial charge in [0.25, 0.3) is 0 Å². The normalized spacial score (nSPS) is 14.4. The molecule has 0 rings (SSSR count). The molecule has 9 heteroatoms. The second-order valence-electron chi connectivity index (χ2n) is 6.42. The molecule has 0 fully saturated rings. The molecule has 0 aliphatic heterocycles. The first-order valence-electron chi connectivity index (χ1n) is 8.39. The Hall–Kier alpha value is -2.16. The van der Waals surface area contributed by atoms with E-state index in [2.05, 4.69) is 10.6 Å². The van der Waals surface area contributed by atoms with Crippen LogP contribution in [-0.4, -0.2) is 52.1 Å². The Morgan fingerprint density at radius 2 is 1.56 bits per heavy atom. The van der Waals surface area contributed by atoms with Gasteiger partial charge in [0.15, 0.2) is 0 Å². The van der Waals surface area contributed by atoms with E-state index in [1.807, 2.05) is 13.8 Å². The van der Waals surface area contributed by atoms with Crippen molar-refractivity contribution in [2.45, 2.75) is 71.0 Å². The van der Waals surface area contributed by atoms with Crippen LogP contribution < -0.4 is 16.4 Å². The third kappa shape index (κ3) is 9.65. The first-order chi connectivity index (χ1) is 11.6. The van der Waals surface area contributed by atoms with Crippen molar-refractivity contribution in [3.05, 3.63) is 0 Å². The molecular weight excluding hydrogens is 330 g/mol. The SMILES string of the molecule is CCC[C@H](NC(=O)[C@H](CC(C)C)NC(=O)CC[C@H](N)C(=O)O)C(=O)O. The lowest BCUT2D eigenvalue weighted by Crippen LogP contribution is -2.52. The molecule has 0 aliphatic rings. The minimum absolute atomic E-state index is 0.0508. The second-order valence-corrected chi connectivity index (χ2v) is 6.42. The van der Waals surface area contributed by atoms with Crippen LogP contribution >= 0.6 is 0 Å². The molecule has 0 heterocycles. The summed E-state index contributed by atoms with van der Waals surface area (Å²) in [6, 6.07) is -3.04. The molecular formula is C16H29N3O6. The number of carboxylic acids is 2. The summed E-state index contributed by atoms with van der Waals surface area (Å²) in [6.45, 7) is 5.54. The third-order valence-electron chi connectivity index (χ3n) is 3.55. The van der Waals surface area contributed by atoms with Crippen molar-refractivity contribution >= 4 is 23.8 Å². The van der Waals surface area contributed by atoms with Gasteiger partial charge in [0.1, 0.15) is 18.1 Å². The van der Waals surface area contributed by atoms with Crippen molar-refractivity contribution in [2.24, 2.45) is 11.7 Å². The monoisotopic (exact) mass is 359 g/mol. The van der Waals surface area contributed by atoms with Gasteiger partial charge in [0.2, 0.25) is 11.8 Å². The average Bonchev–Trinajstić information content (AvgIpc) is 2.50. The number of carboxylic acid groups (broad SMARTS) is 2. The quantitative estimate of drug-likeness (QED) is 0.330. The van der Waals surface area contributed by atoms with E-state index >= 15 is 0 Å². The molecule has 0 radical (unpaired) electrons. The van der Waals surface area contributed by atoms with Crippen LogP contribution in [0.1, 0.15) is 52.9 Å². The molecule has 2 amide bonds. The van der Waals surface area contributed by atoms with Crippen molar-refractivity contribution in [2.75, 3.05) is 0 Å². The first kappa shape index (κ1) is 22.8. The molecule has 0 saturated heterocycles. The zero-order chi connectivity index (χ0) is 19.6. The van der Waals surface area contributed by atoms with E-state index in [4.69, 9.17) is 15.9 Å². The zero-order valence-electron chi connectivity index (χ0n) is 14.9. The van der Waals surface area contributed by atoms with Gasteiger partial charge in [-0.15, -0.1) is 0 Å². The zero-order valence-corrected chi connectivity index (χ0v) is 14.9. The van der Waals surface area contributed by atoms with Crippen LogP contribution in [0.15, 0.2) is 0 Å². The molecule has 0 unspecified atom stereocenters. The first-order valence-corrected chi connectivity index (χ1v) is 8.39. The number of hydrogen-bond donors (Lipinski definition) is 5. The summed E-state index contributed by atoms with van der Waals surface area (Å²) < 4.78 is 0. The summed E-state index contributed by atoms with van der Waals surface area (Å²) in [5.74, 6) is -3.30. The highest BCUT2D eigenvalue weighted by Gasteiger charge is 2.27. The van der Waals surface area contributed by atoms with E-state index in [1.165, 1.54) is 0 Å². The fourth-order valence-electron chi connectivity index (χ4n) is 2.20. The summed E-state index contributed by atoms with van der Waals surface area (Å²) in [5.41, 5.74) is 5.34. The summed E-state index contributed by atoms with van der Waals surface area (Å²) in [5, 5.41) is 22.8. The van der Waals surface area contributed by atoms with Crippen LogP contribution in [0.5, 0.6) is 0 Å². The van der Waals surface area contributed by atoms with Gasteiger partial charge >= 0.3 is 11.9 Å². The maximum atomic E-state index is 12.3. The summed E-state index contributed by atoms with van der Waals surface area (Å²) >= 11 is 0. The largest absolute Gasteiger partial charge is 0.480 e. The Balaban J connectivity index is 4.81. The van der Waals surface area contributed by atoms with Gasteiger partial charge in [-0.2, -0.15) is 0 Å². The molecule has 9 nitrogen and oxygen atoms in total. The lowest BCUT2D eigenvalue weighted by atomic mass is 10.0. The predicted molar refractivity (Wildman–Crippen MR) is 90.7 cm³/mol. The standard InChI is InChI=1S/C16H29N3O6/c1-4-5-11(16(24)25)19-14(21)12(8-9(2)3)18-13(20)7-6-10(17)15(22)23/h9-12H,4-8,17H2,1-3H3,(H,18,20)(H,19,21)(H,22,23)(H,24,25)/t10-,11-,12-/m0/s1. The number of nitrogens with two attached hydrogens (primary N) is 1. The topological polar surface area (TPSA) is 159 Å². The number of rotatable bonds is 12. The highest BCUT2D eigenvalue weighted by Crippen LogP contribution is 2.07. The van der Waals surface area contributed by atoms with Gasteiger partial charge in [-0.1, -0.05) is 27.2 Å². The van der Waals surface area contributed by atoms with Crippen LogP contribution in [0.2, 0.25) is 0 Å². The van der Waals surface area contributed by atoms with Crippen LogP contribution in [0, 0.1) is 5.92 Å². The summed E-state index contributed by atoms with van der Waals surface area (Å²) in [6.07, 6.45) is 1.03. The van der Waals surface area contributed by atoms with E-state index < -0.39 is 41.9 Å². The lowest BCUT2D eigenvalue weighted by Gasteiger charge is -2.22. The fraction of sp³-hybridized carbons (Fsp3) is 0.750. The van der Waals surface area contributed by atoms with Crippen molar-refractivity contribution < 1.29 is 29.4 Å². The minimum atomic E-state index is -1.20. The van der Waals surface area contributed by atoms with Crippen molar-refractivity contribution in [3.8, 4) is 0 Å². The molecule has 0 aliphatic carbocycles. The van der Waals surface area contributed by atoms with Gasteiger partial charge in [-0.3, -0.25) is 14.4 Å². The van der Waals surface area contributed by atoms with Crippen molar-refractivity contribution in [1.82, 2.24) is 10.6 Å². The molecule has 0 spiro atoms. The second kappa shape index (κ2) is 11.4. The van der Waals surface area contributed by atoms with E-state index in [0.717, 1.165) is 0 Å². The summed E-state index contributed by atoms with van der Waals surface area (Å²) in [7, 11) is 0. The maximum Gasteiger partial charge on any atom is 0.326 e.